The van der Waals surface area contributed by atoms with Crippen molar-refractivity contribution in [2.45, 2.75) is 0 Å². The summed E-state index contributed by atoms with van der Waals surface area (Å²) in [5.41, 5.74) is 6.52. The number of aromatic carboxylic acids is 1. The molecule has 0 saturated carbocycles. The summed E-state index contributed by atoms with van der Waals surface area (Å²) in [6, 6.07) is 8.78. The SMILES string of the molecule is Nc1ccc2[nH]c3cc4oc5c(F)c(F)cc6c(=O)c(C(=O)O)cn(c4cc3oc2c1)c56. The number of nitrogens with one attached hydrogen (secondary N) is 1. The van der Waals surface area contributed by atoms with E-state index in [1.807, 2.05) is 0 Å². The lowest BCUT2D eigenvalue weighted by Crippen LogP contribution is -2.18. The van der Waals surface area contributed by atoms with Crippen molar-refractivity contribution in [3.63, 3.8) is 0 Å². The number of nitrogens with zero attached hydrogens (tertiary/aromatic N) is 1. The fraction of sp³-hybridized carbons (Fsp3) is 0. The highest BCUT2D eigenvalue weighted by atomic mass is 19.2. The van der Waals surface area contributed by atoms with Crippen molar-refractivity contribution in [3.8, 4) is 0 Å². The molecule has 6 aromatic rings. The van der Waals surface area contributed by atoms with Gasteiger partial charge in [0.1, 0.15) is 11.1 Å². The van der Waals surface area contributed by atoms with Crippen LogP contribution in [-0.4, -0.2) is 20.5 Å². The number of fused-ring (bicyclic) bond motifs is 4. The monoisotopic (exact) mass is 435 g/mol. The number of H-pyrrole nitrogens is 1. The molecule has 4 N–H and O–H groups in total. The van der Waals surface area contributed by atoms with Gasteiger partial charge in [0.15, 0.2) is 28.1 Å². The summed E-state index contributed by atoms with van der Waals surface area (Å²) >= 11 is 0. The Hall–Kier alpha value is -4.60. The van der Waals surface area contributed by atoms with Crippen LogP contribution in [0.1, 0.15) is 10.4 Å². The van der Waals surface area contributed by atoms with E-state index in [-0.39, 0.29) is 22.0 Å². The molecule has 158 valence electrons. The third-order valence-electron chi connectivity index (χ3n) is 5.40. The summed E-state index contributed by atoms with van der Waals surface area (Å²) in [4.78, 5) is 27.4. The third-order valence-corrected chi connectivity index (χ3v) is 5.40. The molecule has 0 aliphatic rings. The van der Waals surface area contributed by atoms with Gasteiger partial charge in [-0.1, -0.05) is 0 Å². The van der Waals surface area contributed by atoms with Crippen LogP contribution in [0.25, 0.3) is 49.8 Å². The van der Waals surface area contributed by atoms with E-state index < -0.39 is 34.2 Å². The predicted octanol–water partition coefficient (Wildman–Crippen LogP) is 4.55. The Kier molecular flexibility index (Phi) is 3.40. The van der Waals surface area contributed by atoms with Crippen molar-refractivity contribution in [1.82, 2.24) is 9.38 Å². The molecular weight excluding hydrogens is 424 g/mol. The van der Waals surface area contributed by atoms with Crippen LogP contribution in [0.15, 0.2) is 56.2 Å². The number of aromatic amines is 1. The second kappa shape index (κ2) is 5.97. The molecule has 3 aromatic heterocycles. The van der Waals surface area contributed by atoms with E-state index in [0.717, 1.165) is 6.20 Å². The van der Waals surface area contributed by atoms with Gasteiger partial charge in [-0.05, 0) is 18.2 Å². The maximum absolute atomic E-state index is 14.6. The lowest BCUT2D eigenvalue weighted by atomic mass is 10.1. The zero-order chi connectivity index (χ0) is 22.3. The van der Waals surface area contributed by atoms with Gasteiger partial charge in [0.2, 0.25) is 11.2 Å². The Morgan fingerprint density at radius 2 is 1.81 bits per heavy atom. The van der Waals surface area contributed by atoms with E-state index >= 15 is 0 Å². The van der Waals surface area contributed by atoms with Crippen molar-refractivity contribution >= 4 is 61.4 Å². The summed E-state index contributed by atoms with van der Waals surface area (Å²) in [5.74, 6) is -4.12. The van der Waals surface area contributed by atoms with Crippen LogP contribution in [-0.2, 0) is 0 Å². The first kappa shape index (κ1) is 18.2. The quantitative estimate of drug-likeness (QED) is 0.198. The highest BCUT2D eigenvalue weighted by Gasteiger charge is 2.23. The predicted molar refractivity (Wildman–Crippen MR) is 113 cm³/mol. The number of hydrogen-bond acceptors (Lipinski definition) is 5. The van der Waals surface area contributed by atoms with Gasteiger partial charge in [0, 0.05) is 30.1 Å². The third kappa shape index (κ3) is 2.34. The van der Waals surface area contributed by atoms with Crippen LogP contribution >= 0.6 is 0 Å². The van der Waals surface area contributed by atoms with Gasteiger partial charge in [-0.15, -0.1) is 0 Å². The Balaban J connectivity index is 1.87. The number of anilines is 1. The van der Waals surface area contributed by atoms with Crippen LogP contribution < -0.4 is 11.2 Å². The van der Waals surface area contributed by atoms with E-state index in [2.05, 4.69) is 4.98 Å². The first-order chi connectivity index (χ1) is 15.3. The number of carbonyl (C=O) groups is 1. The second-order valence-corrected chi connectivity index (χ2v) is 7.35. The van der Waals surface area contributed by atoms with Crippen LogP contribution in [0, 0.1) is 11.6 Å². The van der Waals surface area contributed by atoms with E-state index in [0.29, 0.717) is 34.0 Å². The molecule has 0 bridgehead atoms. The Morgan fingerprint density at radius 3 is 2.59 bits per heavy atom. The molecule has 32 heavy (non-hydrogen) atoms. The molecule has 8 nitrogen and oxygen atoms in total. The number of halogens is 2. The molecular formula is C22H11F2N3O5. The molecule has 0 aliphatic heterocycles. The number of benzene rings is 3. The number of nitrogen functional groups attached to an aromatic ring is 1. The molecule has 0 amide bonds. The summed E-state index contributed by atoms with van der Waals surface area (Å²) in [7, 11) is 0. The van der Waals surface area contributed by atoms with E-state index in [1.165, 1.54) is 10.5 Å². The molecule has 0 fully saturated rings. The average molecular weight is 435 g/mol. The van der Waals surface area contributed by atoms with Crippen molar-refractivity contribution < 1.29 is 27.5 Å². The second-order valence-electron chi connectivity index (χ2n) is 7.35. The fourth-order valence-corrected chi connectivity index (χ4v) is 3.94. The smallest absolute Gasteiger partial charge is 0.341 e. The minimum Gasteiger partial charge on any atom is -0.477 e. The zero-order valence-corrected chi connectivity index (χ0v) is 15.9. The van der Waals surface area contributed by atoms with E-state index in [9.17, 15) is 23.5 Å². The summed E-state index contributed by atoms with van der Waals surface area (Å²) in [6.07, 6.45) is 1.06. The Labute approximate surface area is 174 Å². The maximum atomic E-state index is 14.6. The first-order valence-corrected chi connectivity index (χ1v) is 9.33. The van der Waals surface area contributed by atoms with Gasteiger partial charge in [-0.3, -0.25) is 4.79 Å². The summed E-state index contributed by atoms with van der Waals surface area (Å²) in [6.45, 7) is 0. The molecule has 6 rings (SSSR count). The lowest BCUT2D eigenvalue weighted by Gasteiger charge is -2.13. The van der Waals surface area contributed by atoms with Gasteiger partial charge < -0.3 is 29.1 Å². The van der Waals surface area contributed by atoms with Crippen molar-refractivity contribution in [2.75, 3.05) is 5.73 Å². The lowest BCUT2D eigenvalue weighted by molar-refractivity contribution is 0.0695. The Morgan fingerprint density at radius 1 is 1.03 bits per heavy atom. The highest BCUT2D eigenvalue weighted by molar-refractivity contribution is 6.02. The largest absolute Gasteiger partial charge is 0.477 e. The summed E-state index contributed by atoms with van der Waals surface area (Å²) in [5, 5.41) is 9.15. The fourth-order valence-electron chi connectivity index (χ4n) is 3.94. The molecule has 0 saturated heterocycles. The number of rotatable bonds is 1. The molecule has 3 heterocycles. The van der Waals surface area contributed by atoms with Crippen LogP contribution in [0.2, 0.25) is 0 Å². The molecule has 0 unspecified atom stereocenters. The number of carboxylic acids is 1. The van der Waals surface area contributed by atoms with Crippen LogP contribution in [0.5, 0.6) is 0 Å². The molecule has 0 spiro atoms. The molecule has 0 atom stereocenters. The standard InChI is InChI=1S/C22H11F2N3O5/c23-11-4-9-19-21(18(11)24)32-17-5-13-16(31-15-3-8(25)1-2-12(15)26-13)6-14(17)27(19)7-10(20(9)28)22(29)30/h1-7,26H,25H2,(H,29,30). The van der Waals surface area contributed by atoms with Crippen molar-refractivity contribution in [3.05, 3.63) is 70.0 Å². The highest BCUT2D eigenvalue weighted by Crippen LogP contribution is 2.32. The number of carboxylic acid groups (broad SMARTS) is 1. The van der Waals surface area contributed by atoms with Gasteiger partial charge in [-0.2, -0.15) is 4.39 Å². The van der Waals surface area contributed by atoms with Gasteiger partial charge in [0.05, 0.1) is 21.9 Å². The normalized spacial score (nSPS) is 11.9. The Bertz CT molecular complexity index is 1870. The van der Waals surface area contributed by atoms with Gasteiger partial charge in [0.25, 0.3) is 0 Å². The van der Waals surface area contributed by atoms with Gasteiger partial charge in [-0.25, -0.2) is 9.18 Å². The number of pyridine rings is 1. The molecule has 0 aliphatic carbocycles. The van der Waals surface area contributed by atoms with Crippen molar-refractivity contribution in [2.24, 2.45) is 0 Å². The minimum atomic E-state index is -1.50. The zero-order valence-electron chi connectivity index (χ0n) is 15.9. The first-order valence-electron chi connectivity index (χ1n) is 9.33. The average Bonchev–Trinajstić information content (AvgIpc) is 2.75. The minimum absolute atomic E-state index is 0.0836. The van der Waals surface area contributed by atoms with Crippen LogP contribution in [0.3, 0.4) is 0 Å². The number of aromatic nitrogens is 2. The maximum Gasteiger partial charge on any atom is 0.341 e. The van der Waals surface area contributed by atoms with E-state index in [4.69, 9.17) is 14.6 Å². The molecule has 10 heteroatoms. The van der Waals surface area contributed by atoms with Crippen LogP contribution in [0.4, 0.5) is 14.5 Å². The summed E-state index contributed by atoms with van der Waals surface area (Å²) < 4.78 is 41.7. The van der Waals surface area contributed by atoms with E-state index in [1.54, 1.807) is 24.3 Å². The van der Waals surface area contributed by atoms with Gasteiger partial charge >= 0.3 is 5.97 Å². The molecule has 3 aromatic carbocycles. The number of hydrogen-bond donors (Lipinski definition) is 3. The molecule has 0 radical (unpaired) electrons. The topological polar surface area (TPSA) is 127 Å². The number of nitrogens with two attached hydrogens (primary N) is 1. The van der Waals surface area contributed by atoms with Crippen molar-refractivity contribution in [1.29, 1.82) is 0 Å².